The highest BCUT2D eigenvalue weighted by Crippen LogP contribution is 2.36. The summed E-state index contributed by atoms with van der Waals surface area (Å²) >= 11 is 0. The number of ether oxygens (including phenoxy) is 1. The molecular weight excluding hydrogens is 176 g/mol. The lowest BCUT2D eigenvalue weighted by Crippen LogP contribution is -2.29. The molecule has 0 fully saturated rings. The summed E-state index contributed by atoms with van der Waals surface area (Å²) in [6, 6.07) is 0. The Kier molecular flexibility index (Phi) is 3.73. The molecule has 0 N–H and O–H groups in total. The van der Waals surface area contributed by atoms with Crippen molar-refractivity contribution in [2.24, 2.45) is 17.8 Å². The molecule has 0 spiro atoms. The lowest BCUT2D eigenvalue weighted by atomic mass is 9.80. The standard InChI is InChI=1S/C12H20O2/c1-8(2)11(12(13)14-4)10-7-5-6-9(10)3/h6,8,10-11H,5,7H2,1-4H3/t10-,11-/m1/s1. The van der Waals surface area contributed by atoms with Crippen molar-refractivity contribution < 1.29 is 9.53 Å². The Morgan fingerprint density at radius 1 is 1.57 bits per heavy atom. The van der Waals surface area contributed by atoms with Gasteiger partial charge in [-0.2, -0.15) is 0 Å². The molecule has 0 aliphatic heterocycles. The first-order valence-electron chi connectivity index (χ1n) is 5.32. The summed E-state index contributed by atoms with van der Waals surface area (Å²) in [7, 11) is 1.48. The number of allylic oxidation sites excluding steroid dienone is 2. The Balaban J connectivity index is 2.78. The molecule has 2 nitrogen and oxygen atoms in total. The van der Waals surface area contributed by atoms with Gasteiger partial charge in [0, 0.05) is 0 Å². The minimum absolute atomic E-state index is 0.0405. The molecule has 0 saturated carbocycles. The fraction of sp³-hybridized carbons (Fsp3) is 0.750. The van der Waals surface area contributed by atoms with E-state index in [2.05, 4.69) is 26.8 Å². The fourth-order valence-electron chi connectivity index (χ4n) is 2.37. The number of rotatable bonds is 3. The van der Waals surface area contributed by atoms with Crippen LogP contribution in [0, 0.1) is 17.8 Å². The van der Waals surface area contributed by atoms with Gasteiger partial charge in [0.1, 0.15) is 0 Å². The molecule has 14 heavy (non-hydrogen) atoms. The summed E-state index contributed by atoms with van der Waals surface area (Å²) in [4.78, 5) is 11.6. The van der Waals surface area contributed by atoms with Gasteiger partial charge in [-0.15, -0.1) is 0 Å². The van der Waals surface area contributed by atoms with Crippen molar-refractivity contribution in [3.05, 3.63) is 11.6 Å². The third-order valence-electron chi connectivity index (χ3n) is 3.15. The van der Waals surface area contributed by atoms with Crippen molar-refractivity contribution in [3.8, 4) is 0 Å². The van der Waals surface area contributed by atoms with Crippen LogP contribution in [0.25, 0.3) is 0 Å². The summed E-state index contributed by atoms with van der Waals surface area (Å²) in [6.45, 7) is 6.30. The summed E-state index contributed by atoms with van der Waals surface area (Å²) in [5, 5.41) is 0. The molecule has 1 rings (SSSR count). The van der Waals surface area contributed by atoms with Gasteiger partial charge in [-0.1, -0.05) is 25.5 Å². The second-order valence-electron chi connectivity index (χ2n) is 4.42. The van der Waals surface area contributed by atoms with Gasteiger partial charge in [0.2, 0.25) is 0 Å². The zero-order chi connectivity index (χ0) is 10.7. The first-order valence-corrected chi connectivity index (χ1v) is 5.32. The number of carbonyl (C=O) groups is 1. The van der Waals surface area contributed by atoms with E-state index in [4.69, 9.17) is 4.74 Å². The van der Waals surface area contributed by atoms with Gasteiger partial charge in [-0.05, 0) is 31.6 Å². The smallest absolute Gasteiger partial charge is 0.309 e. The molecule has 0 saturated heterocycles. The van der Waals surface area contributed by atoms with Crippen LogP contribution in [-0.2, 0) is 9.53 Å². The highest BCUT2D eigenvalue weighted by Gasteiger charge is 2.34. The Bertz CT molecular complexity index is 241. The van der Waals surface area contributed by atoms with Crippen LogP contribution in [0.5, 0.6) is 0 Å². The van der Waals surface area contributed by atoms with E-state index in [0.717, 1.165) is 12.8 Å². The molecule has 0 heterocycles. The van der Waals surface area contributed by atoms with E-state index in [1.807, 2.05) is 0 Å². The largest absolute Gasteiger partial charge is 0.469 e. The van der Waals surface area contributed by atoms with Crippen molar-refractivity contribution in [2.75, 3.05) is 7.11 Å². The number of hydrogen-bond donors (Lipinski definition) is 0. The zero-order valence-electron chi connectivity index (χ0n) is 9.54. The number of carbonyl (C=O) groups excluding carboxylic acids is 1. The molecular formula is C12H20O2. The molecule has 1 aliphatic rings. The topological polar surface area (TPSA) is 26.3 Å². The van der Waals surface area contributed by atoms with Crippen LogP contribution in [0.1, 0.15) is 33.6 Å². The van der Waals surface area contributed by atoms with Crippen molar-refractivity contribution in [2.45, 2.75) is 33.6 Å². The Hall–Kier alpha value is -0.790. The zero-order valence-corrected chi connectivity index (χ0v) is 9.54. The normalized spacial score (nSPS) is 23.5. The van der Waals surface area contributed by atoms with Crippen LogP contribution in [-0.4, -0.2) is 13.1 Å². The van der Waals surface area contributed by atoms with Crippen LogP contribution in [0.4, 0.5) is 0 Å². The number of hydrogen-bond acceptors (Lipinski definition) is 2. The summed E-state index contributed by atoms with van der Waals surface area (Å²) in [5.74, 6) is 0.745. The maximum absolute atomic E-state index is 11.6. The van der Waals surface area contributed by atoms with Crippen LogP contribution in [0.2, 0.25) is 0 Å². The third kappa shape index (κ3) is 2.17. The molecule has 0 bridgehead atoms. The molecule has 0 aromatic heterocycles. The van der Waals surface area contributed by atoms with E-state index in [0.29, 0.717) is 11.8 Å². The van der Waals surface area contributed by atoms with Crippen molar-refractivity contribution >= 4 is 5.97 Å². The Morgan fingerprint density at radius 2 is 2.21 bits per heavy atom. The van der Waals surface area contributed by atoms with Gasteiger partial charge in [0.15, 0.2) is 0 Å². The van der Waals surface area contributed by atoms with Crippen molar-refractivity contribution in [1.29, 1.82) is 0 Å². The highest BCUT2D eigenvalue weighted by atomic mass is 16.5. The van der Waals surface area contributed by atoms with Gasteiger partial charge in [-0.25, -0.2) is 0 Å². The Labute approximate surface area is 86.3 Å². The van der Waals surface area contributed by atoms with Crippen LogP contribution < -0.4 is 0 Å². The lowest BCUT2D eigenvalue weighted by Gasteiger charge is -2.25. The molecule has 80 valence electrons. The van der Waals surface area contributed by atoms with Crippen molar-refractivity contribution in [1.82, 2.24) is 0 Å². The van der Waals surface area contributed by atoms with Crippen LogP contribution in [0.3, 0.4) is 0 Å². The van der Waals surface area contributed by atoms with E-state index in [1.165, 1.54) is 12.7 Å². The summed E-state index contributed by atoms with van der Waals surface area (Å²) in [5.41, 5.74) is 1.36. The van der Waals surface area contributed by atoms with Gasteiger partial charge in [0.05, 0.1) is 13.0 Å². The fourth-order valence-corrected chi connectivity index (χ4v) is 2.37. The summed E-state index contributed by atoms with van der Waals surface area (Å²) in [6.07, 6.45) is 4.45. The minimum atomic E-state index is -0.0559. The van der Waals surface area contributed by atoms with Gasteiger partial charge < -0.3 is 4.74 Å². The monoisotopic (exact) mass is 196 g/mol. The van der Waals surface area contributed by atoms with E-state index in [-0.39, 0.29) is 11.9 Å². The molecule has 0 unspecified atom stereocenters. The second-order valence-corrected chi connectivity index (χ2v) is 4.42. The number of esters is 1. The molecule has 2 heteroatoms. The molecule has 0 aromatic rings. The van der Waals surface area contributed by atoms with Crippen LogP contribution in [0.15, 0.2) is 11.6 Å². The average molecular weight is 196 g/mol. The first kappa shape index (κ1) is 11.3. The average Bonchev–Trinajstić information content (AvgIpc) is 2.52. The Morgan fingerprint density at radius 3 is 2.57 bits per heavy atom. The van der Waals surface area contributed by atoms with E-state index in [9.17, 15) is 4.79 Å². The van der Waals surface area contributed by atoms with Crippen molar-refractivity contribution in [3.63, 3.8) is 0 Å². The minimum Gasteiger partial charge on any atom is -0.469 e. The predicted molar refractivity (Wildman–Crippen MR) is 56.8 cm³/mol. The maximum atomic E-state index is 11.6. The molecule has 0 amide bonds. The predicted octanol–water partition coefficient (Wildman–Crippen LogP) is 2.79. The van der Waals surface area contributed by atoms with Gasteiger partial charge in [0.25, 0.3) is 0 Å². The quantitative estimate of drug-likeness (QED) is 0.512. The first-order chi connectivity index (χ1) is 6.57. The van der Waals surface area contributed by atoms with E-state index >= 15 is 0 Å². The lowest BCUT2D eigenvalue weighted by molar-refractivity contribution is -0.148. The van der Waals surface area contributed by atoms with Crippen LogP contribution >= 0.6 is 0 Å². The second kappa shape index (κ2) is 4.63. The molecule has 1 aliphatic carbocycles. The molecule has 2 atom stereocenters. The van der Waals surface area contributed by atoms with Gasteiger partial charge >= 0.3 is 5.97 Å². The molecule has 0 aromatic carbocycles. The molecule has 0 radical (unpaired) electrons. The van der Waals surface area contributed by atoms with E-state index in [1.54, 1.807) is 0 Å². The highest BCUT2D eigenvalue weighted by molar-refractivity contribution is 5.73. The number of methoxy groups -OCH3 is 1. The maximum Gasteiger partial charge on any atom is 0.309 e. The van der Waals surface area contributed by atoms with E-state index < -0.39 is 0 Å². The van der Waals surface area contributed by atoms with Gasteiger partial charge in [-0.3, -0.25) is 4.79 Å². The third-order valence-corrected chi connectivity index (χ3v) is 3.15. The summed E-state index contributed by atoms with van der Waals surface area (Å²) < 4.78 is 4.87. The SMILES string of the molecule is COC(=O)[C@H](C(C)C)[C@@H]1CCC=C1C.